The van der Waals surface area contributed by atoms with Crippen LogP contribution in [-0.2, 0) is 4.79 Å². The number of hydrogen-bond donors (Lipinski definition) is 1. The number of imidazole rings is 1. The number of carbonyl (C=O) groups is 1. The SMILES string of the molecule is CC1CC(n2c(SCC(=O)O)nc3ccccc32)C1. The maximum Gasteiger partial charge on any atom is 0.313 e. The Morgan fingerprint density at radius 2 is 2.21 bits per heavy atom. The highest BCUT2D eigenvalue weighted by atomic mass is 32.2. The van der Waals surface area contributed by atoms with Gasteiger partial charge in [-0.25, -0.2) is 4.98 Å². The Morgan fingerprint density at radius 3 is 2.89 bits per heavy atom. The molecule has 0 unspecified atom stereocenters. The molecule has 100 valence electrons. The van der Waals surface area contributed by atoms with Gasteiger partial charge < -0.3 is 9.67 Å². The fraction of sp³-hybridized carbons (Fsp3) is 0.429. The summed E-state index contributed by atoms with van der Waals surface area (Å²) in [5.74, 6) is 0.0139. The highest BCUT2D eigenvalue weighted by Crippen LogP contribution is 2.41. The number of aliphatic carboxylic acids is 1. The molecule has 1 saturated carbocycles. The third kappa shape index (κ3) is 2.34. The van der Waals surface area contributed by atoms with Crippen LogP contribution in [0.2, 0.25) is 0 Å². The number of thioether (sulfide) groups is 1. The van der Waals surface area contributed by atoms with Gasteiger partial charge in [0.05, 0.1) is 16.8 Å². The van der Waals surface area contributed by atoms with Crippen LogP contribution in [0.5, 0.6) is 0 Å². The van der Waals surface area contributed by atoms with Gasteiger partial charge >= 0.3 is 5.97 Å². The van der Waals surface area contributed by atoms with Crippen LogP contribution >= 0.6 is 11.8 Å². The van der Waals surface area contributed by atoms with Gasteiger partial charge in [-0.3, -0.25) is 4.79 Å². The Hall–Kier alpha value is -1.49. The predicted octanol–water partition coefficient (Wildman–Crippen LogP) is 3.18. The van der Waals surface area contributed by atoms with Crippen molar-refractivity contribution in [3.63, 3.8) is 0 Å². The predicted molar refractivity (Wildman–Crippen MR) is 75.5 cm³/mol. The summed E-state index contributed by atoms with van der Waals surface area (Å²) in [6.07, 6.45) is 2.31. The average Bonchev–Trinajstić information content (AvgIpc) is 2.70. The summed E-state index contributed by atoms with van der Waals surface area (Å²) in [7, 11) is 0. The third-order valence-electron chi connectivity index (χ3n) is 3.60. The molecule has 0 saturated heterocycles. The topological polar surface area (TPSA) is 55.1 Å². The first kappa shape index (κ1) is 12.5. The average molecular weight is 276 g/mol. The van der Waals surface area contributed by atoms with Crippen molar-refractivity contribution in [3.05, 3.63) is 24.3 Å². The van der Waals surface area contributed by atoms with E-state index in [1.165, 1.54) is 11.8 Å². The molecule has 0 amide bonds. The minimum Gasteiger partial charge on any atom is -0.481 e. The van der Waals surface area contributed by atoms with Gasteiger partial charge in [0.25, 0.3) is 0 Å². The third-order valence-corrected chi connectivity index (χ3v) is 4.54. The number of fused-ring (bicyclic) bond motifs is 1. The van der Waals surface area contributed by atoms with Crippen LogP contribution in [0.4, 0.5) is 0 Å². The first-order chi connectivity index (χ1) is 9.15. The van der Waals surface area contributed by atoms with E-state index >= 15 is 0 Å². The van der Waals surface area contributed by atoms with Crippen LogP contribution in [0.25, 0.3) is 11.0 Å². The number of aromatic nitrogens is 2. The number of para-hydroxylation sites is 2. The lowest BCUT2D eigenvalue weighted by atomic mass is 9.81. The molecule has 0 aliphatic heterocycles. The van der Waals surface area contributed by atoms with Crippen molar-refractivity contribution < 1.29 is 9.90 Å². The van der Waals surface area contributed by atoms with Crippen molar-refractivity contribution in [2.24, 2.45) is 5.92 Å². The molecule has 1 aromatic carbocycles. The molecule has 0 radical (unpaired) electrons. The summed E-state index contributed by atoms with van der Waals surface area (Å²) >= 11 is 1.31. The first-order valence-electron chi connectivity index (χ1n) is 6.46. The monoisotopic (exact) mass is 276 g/mol. The van der Waals surface area contributed by atoms with Crippen molar-refractivity contribution in [3.8, 4) is 0 Å². The normalized spacial score (nSPS) is 22.4. The van der Waals surface area contributed by atoms with E-state index in [0.717, 1.165) is 34.9 Å². The molecule has 4 nitrogen and oxygen atoms in total. The molecule has 0 atom stereocenters. The molecule has 1 N–H and O–H groups in total. The maximum absolute atomic E-state index is 10.7. The Balaban J connectivity index is 1.99. The molecule has 1 fully saturated rings. The Labute approximate surface area is 115 Å². The lowest BCUT2D eigenvalue weighted by Gasteiger charge is -2.35. The van der Waals surface area contributed by atoms with E-state index in [4.69, 9.17) is 5.11 Å². The number of nitrogens with zero attached hydrogens (tertiary/aromatic N) is 2. The molecule has 1 aliphatic rings. The standard InChI is InChI=1S/C14H16N2O2S/c1-9-6-10(7-9)16-12-5-3-2-4-11(12)15-14(16)19-8-13(17)18/h2-5,9-10H,6-8H2,1H3,(H,17,18). The number of carboxylic acids is 1. The van der Waals surface area contributed by atoms with Gasteiger partial charge in [-0.05, 0) is 30.9 Å². The van der Waals surface area contributed by atoms with E-state index in [2.05, 4.69) is 22.5 Å². The molecule has 0 spiro atoms. The molecule has 19 heavy (non-hydrogen) atoms. The van der Waals surface area contributed by atoms with E-state index in [9.17, 15) is 4.79 Å². The van der Waals surface area contributed by atoms with Gasteiger partial charge in [-0.1, -0.05) is 30.8 Å². The summed E-state index contributed by atoms with van der Waals surface area (Å²) < 4.78 is 2.23. The minimum absolute atomic E-state index is 0.0611. The van der Waals surface area contributed by atoms with Crippen molar-refractivity contribution in [1.82, 2.24) is 9.55 Å². The fourth-order valence-corrected chi connectivity index (χ4v) is 3.48. The van der Waals surface area contributed by atoms with Crippen LogP contribution in [-0.4, -0.2) is 26.4 Å². The van der Waals surface area contributed by atoms with Crippen LogP contribution in [0.15, 0.2) is 29.4 Å². The second-order valence-corrected chi connectivity index (χ2v) is 6.11. The molecule has 0 bridgehead atoms. The van der Waals surface area contributed by atoms with E-state index in [-0.39, 0.29) is 5.75 Å². The first-order valence-corrected chi connectivity index (χ1v) is 7.45. The molecule has 1 aromatic heterocycles. The lowest BCUT2D eigenvalue weighted by Crippen LogP contribution is -2.25. The highest BCUT2D eigenvalue weighted by Gasteiger charge is 2.30. The molecule has 3 rings (SSSR count). The van der Waals surface area contributed by atoms with E-state index < -0.39 is 5.97 Å². The van der Waals surface area contributed by atoms with Crippen molar-refractivity contribution >= 4 is 28.8 Å². The van der Waals surface area contributed by atoms with Gasteiger partial charge in [0.15, 0.2) is 5.16 Å². The summed E-state index contributed by atoms with van der Waals surface area (Å²) in [6.45, 7) is 2.25. The van der Waals surface area contributed by atoms with Gasteiger partial charge in [-0.2, -0.15) is 0 Å². The number of carboxylic acid groups (broad SMARTS) is 1. The Morgan fingerprint density at radius 1 is 1.47 bits per heavy atom. The Bertz CT molecular complexity index is 617. The largest absolute Gasteiger partial charge is 0.481 e. The molecule has 2 aromatic rings. The van der Waals surface area contributed by atoms with Crippen molar-refractivity contribution in [2.45, 2.75) is 31.0 Å². The summed E-state index contributed by atoms with van der Waals surface area (Å²) in [5, 5.41) is 9.67. The van der Waals surface area contributed by atoms with Gasteiger partial charge in [0.1, 0.15) is 0 Å². The summed E-state index contributed by atoms with van der Waals surface area (Å²) in [5.41, 5.74) is 2.07. The second kappa shape index (κ2) is 4.89. The number of hydrogen-bond acceptors (Lipinski definition) is 3. The quantitative estimate of drug-likeness (QED) is 0.871. The summed E-state index contributed by atoms with van der Waals surface area (Å²) in [4.78, 5) is 15.3. The molecule has 1 heterocycles. The maximum atomic E-state index is 10.7. The van der Waals surface area contributed by atoms with Gasteiger partial charge in [0.2, 0.25) is 0 Å². The van der Waals surface area contributed by atoms with Gasteiger partial charge in [-0.15, -0.1) is 0 Å². The number of rotatable bonds is 4. The van der Waals surface area contributed by atoms with E-state index in [0.29, 0.717) is 6.04 Å². The second-order valence-electron chi connectivity index (χ2n) is 5.17. The molecular formula is C14H16N2O2S. The van der Waals surface area contributed by atoms with Crippen LogP contribution in [0, 0.1) is 5.92 Å². The van der Waals surface area contributed by atoms with E-state index in [1.54, 1.807) is 0 Å². The van der Waals surface area contributed by atoms with Gasteiger partial charge in [0, 0.05) is 6.04 Å². The number of benzene rings is 1. The fourth-order valence-electron chi connectivity index (χ4n) is 2.67. The zero-order valence-electron chi connectivity index (χ0n) is 10.7. The summed E-state index contributed by atoms with van der Waals surface area (Å²) in [6, 6.07) is 8.50. The van der Waals surface area contributed by atoms with Crippen molar-refractivity contribution in [1.29, 1.82) is 0 Å². The molecule has 5 heteroatoms. The van der Waals surface area contributed by atoms with Crippen LogP contribution in [0.1, 0.15) is 25.8 Å². The zero-order valence-corrected chi connectivity index (χ0v) is 11.6. The molecule has 1 aliphatic carbocycles. The Kier molecular flexibility index (Phi) is 3.22. The highest BCUT2D eigenvalue weighted by molar-refractivity contribution is 7.99. The molecular weight excluding hydrogens is 260 g/mol. The smallest absolute Gasteiger partial charge is 0.313 e. The lowest BCUT2D eigenvalue weighted by molar-refractivity contribution is -0.133. The van der Waals surface area contributed by atoms with E-state index in [1.807, 2.05) is 18.2 Å². The van der Waals surface area contributed by atoms with Crippen LogP contribution < -0.4 is 0 Å². The zero-order chi connectivity index (χ0) is 13.4. The minimum atomic E-state index is -0.800. The van der Waals surface area contributed by atoms with Crippen LogP contribution in [0.3, 0.4) is 0 Å². The van der Waals surface area contributed by atoms with Crippen molar-refractivity contribution in [2.75, 3.05) is 5.75 Å².